The van der Waals surface area contributed by atoms with Crippen molar-refractivity contribution in [1.82, 2.24) is 9.88 Å². The topological polar surface area (TPSA) is 59.5 Å². The van der Waals surface area contributed by atoms with Gasteiger partial charge in [-0.05, 0) is 26.7 Å². The molecule has 1 aromatic rings. The van der Waals surface area contributed by atoms with Gasteiger partial charge in [0.1, 0.15) is 4.88 Å². The number of aryl methyl sites for hydroxylation is 1. The standard InChI is InChI=1S/C13H18N2O3S/c1-3-18-13(17)10-4-6-15(7-5-10)12(16)11-9(2)14-8-19-11/h8,10H,3-7H2,1-2H3. The molecule has 19 heavy (non-hydrogen) atoms. The molecule has 1 aliphatic rings. The van der Waals surface area contributed by atoms with Crippen LogP contribution in [0.15, 0.2) is 5.51 Å². The predicted octanol–water partition coefficient (Wildman–Crippen LogP) is 1.87. The van der Waals surface area contributed by atoms with Crippen molar-refractivity contribution in [3.8, 4) is 0 Å². The van der Waals surface area contributed by atoms with Crippen LogP contribution in [0.2, 0.25) is 0 Å². The second-order valence-corrected chi connectivity index (χ2v) is 5.44. The molecule has 1 saturated heterocycles. The highest BCUT2D eigenvalue weighted by Crippen LogP contribution is 2.22. The number of hydrogen-bond acceptors (Lipinski definition) is 5. The van der Waals surface area contributed by atoms with E-state index in [-0.39, 0.29) is 17.8 Å². The van der Waals surface area contributed by atoms with E-state index >= 15 is 0 Å². The van der Waals surface area contributed by atoms with E-state index in [0.29, 0.717) is 37.4 Å². The Kier molecular flexibility index (Phi) is 4.52. The van der Waals surface area contributed by atoms with Crippen LogP contribution in [0.4, 0.5) is 0 Å². The highest BCUT2D eigenvalue weighted by Gasteiger charge is 2.29. The monoisotopic (exact) mass is 282 g/mol. The Morgan fingerprint density at radius 3 is 2.68 bits per heavy atom. The summed E-state index contributed by atoms with van der Waals surface area (Å²) in [6.07, 6.45) is 1.37. The van der Waals surface area contributed by atoms with Crippen LogP contribution < -0.4 is 0 Å². The molecule has 0 unspecified atom stereocenters. The smallest absolute Gasteiger partial charge is 0.309 e. The fourth-order valence-electron chi connectivity index (χ4n) is 2.23. The van der Waals surface area contributed by atoms with Crippen molar-refractivity contribution in [3.63, 3.8) is 0 Å². The molecule has 0 atom stereocenters. The number of esters is 1. The molecule has 0 saturated carbocycles. The Bertz CT molecular complexity index is 464. The molecule has 1 amide bonds. The van der Waals surface area contributed by atoms with E-state index in [1.165, 1.54) is 11.3 Å². The summed E-state index contributed by atoms with van der Waals surface area (Å²) >= 11 is 1.37. The van der Waals surface area contributed by atoms with Gasteiger partial charge in [-0.1, -0.05) is 0 Å². The number of rotatable bonds is 3. The average Bonchev–Trinajstić information content (AvgIpc) is 2.84. The molecule has 2 rings (SSSR count). The van der Waals surface area contributed by atoms with Gasteiger partial charge in [0.15, 0.2) is 0 Å². The fraction of sp³-hybridized carbons (Fsp3) is 0.615. The number of likely N-dealkylation sites (tertiary alicyclic amines) is 1. The van der Waals surface area contributed by atoms with E-state index in [1.807, 2.05) is 13.8 Å². The average molecular weight is 282 g/mol. The minimum absolute atomic E-state index is 0.0299. The normalized spacial score (nSPS) is 16.4. The lowest BCUT2D eigenvalue weighted by atomic mass is 9.97. The minimum atomic E-state index is -0.136. The lowest BCUT2D eigenvalue weighted by Crippen LogP contribution is -2.40. The van der Waals surface area contributed by atoms with Gasteiger partial charge >= 0.3 is 5.97 Å². The zero-order valence-electron chi connectivity index (χ0n) is 11.2. The van der Waals surface area contributed by atoms with Gasteiger partial charge < -0.3 is 9.64 Å². The van der Waals surface area contributed by atoms with Gasteiger partial charge in [-0.25, -0.2) is 4.98 Å². The van der Waals surface area contributed by atoms with E-state index in [0.717, 1.165) is 5.69 Å². The summed E-state index contributed by atoms with van der Waals surface area (Å²) in [5, 5.41) is 0. The lowest BCUT2D eigenvalue weighted by Gasteiger charge is -2.30. The summed E-state index contributed by atoms with van der Waals surface area (Å²) in [4.78, 5) is 30.5. The van der Waals surface area contributed by atoms with Crippen molar-refractivity contribution in [3.05, 3.63) is 16.1 Å². The number of ether oxygens (including phenoxy) is 1. The molecule has 0 aliphatic carbocycles. The van der Waals surface area contributed by atoms with Crippen LogP contribution in [-0.2, 0) is 9.53 Å². The zero-order chi connectivity index (χ0) is 13.8. The maximum Gasteiger partial charge on any atom is 0.309 e. The third-order valence-corrected chi connectivity index (χ3v) is 4.26. The van der Waals surface area contributed by atoms with E-state index < -0.39 is 0 Å². The number of aromatic nitrogens is 1. The van der Waals surface area contributed by atoms with Crippen LogP contribution in [0, 0.1) is 12.8 Å². The number of carbonyl (C=O) groups is 2. The van der Waals surface area contributed by atoms with Crippen molar-refractivity contribution >= 4 is 23.2 Å². The number of nitrogens with zero attached hydrogens (tertiary/aromatic N) is 2. The third kappa shape index (κ3) is 3.12. The first-order valence-corrected chi connectivity index (χ1v) is 7.37. The number of piperidine rings is 1. The molecule has 0 N–H and O–H groups in total. The molecule has 1 fully saturated rings. The quantitative estimate of drug-likeness (QED) is 0.794. The first-order valence-electron chi connectivity index (χ1n) is 6.49. The van der Waals surface area contributed by atoms with Crippen molar-refractivity contribution in [2.24, 2.45) is 5.92 Å². The molecule has 6 heteroatoms. The Balaban J connectivity index is 1.92. The highest BCUT2D eigenvalue weighted by molar-refractivity contribution is 7.11. The molecule has 0 aromatic carbocycles. The van der Waals surface area contributed by atoms with Crippen LogP contribution in [0.25, 0.3) is 0 Å². The van der Waals surface area contributed by atoms with Gasteiger partial charge in [0, 0.05) is 13.1 Å². The molecule has 0 radical (unpaired) electrons. The summed E-state index contributed by atoms with van der Waals surface area (Å²) < 4.78 is 5.02. The Labute approximate surface area is 116 Å². The Morgan fingerprint density at radius 1 is 1.47 bits per heavy atom. The van der Waals surface area contributed by atoms with Gasteiger partial charge in [0.2, 0.25) is 0 Å². The van der Waals surface area contributed by atoms with E-state index in [9.17, 15) is 9.59 Å². The molecule has 5 nitrogen and oxygen atoms in total. The van der Waals surface area contributed by atoms with Crippen LogP contribution >= 0.6 is 11.3 Å². The molecule has 1 aliphatic heterocycles. The number of thiazole rings is 1. The van der Waals surface area contributed by atoms with Gasteiger partial charge in [0.05, 0.1) is 23.7 Å². The number of amides is 1. The van der Waals surface area contributed by atoms with Crippen LogP contribution in [0.3, 0.4) is 0 Å². The van der Waals surface area contributed by atoms with E-state index in [4.69, 9.17) is 4.74 Å². The van der Waals surface area contributed by atoms with Gasteiger partial charge in [-0.15, -0.1) is 11.3 Å². The summed E-state index contributed by atoms with van der Waals surface area (Å²) in [6.45, 7) is 5.29. The number of hydrogen-bond donors (Lipinski definition) is 0. The van der Waals surface area contributed by atoms with E-state index in [1.54, 1.807) is 10.4 Å². The minimum Gasteiger partial charge on any atom is -0.466 e. The summed E-state index contributed by atoms with van der Waals surface area (Å²) in [5.41, 5.74) is 2.47. The largest absolute Gasteiger partial charge is 0.466 e. The third-order valence-electron chi connectivity index (χ3n) is 3.34. The van der Waals surface area contributed by atoms with Crippen molar-refractivity contribution < 1.29 is 14.3 Å². The summed E-state index contributed by atoms with van der Waals surface area (Å²) in [5.74, 6) is -0.169. The zero-order valence-corrected chi connectivity index (χ0v) is 12.0. The first-order chi connectivity index (χ1) is 9.13. The van der Waals surface area contributed by atoms with Crippen LogP contribution in [0.1, 0.15) is 35.1 Å². The summed E-state index contributed by atoms with van der Waals surface area (Å²) in [6, 6.07) is 0. The lowest BCUT2D eigenvalue weighted by molar-refractivity contribution is -0.149. The van der Waals surface area contributed by atoms with Gasteiger partial charge in [-0.2, -0.15) is 0 Å². The Hall–Kier alpha value is -1.43. The van der Waals surface area contributed by atoms with Crippen LogP contribution in [0.5, 0.6) is 0 Å². The first kappa shape index (κ1) is 14.0. The van der Waals surface area contributed by atoms with Crippen LogP contribution in [-0.4, -0.2) is 41.5 Å². The Morgan fingerprint density at radius 2 is 2.16 bits per heavy atom. The van der Waals surface area contributed by atoms with Gasteiger partial charge in [-0.3, -0.25) is 9.59 Å². The predicted molar refractivity (Wildman–Crippen MR) is 72.1 cm³/mol. The SMILES string of the molecule is CCOC(=O)C1CCN(C(=O)c2scnc2C)CC1. The second-order valence-electron chi connectivity index (χ2n) is 4.59. The van der Waals surface area contributed by atoms with Crippen molar-refractivity contribution in [2.75, 3.05) is 19.7 Å². The highest BCUT2D eigenvalue weighted by atomic mass is 32.1. The molecule has 104 valence electrons. The number of carbonyl (C=O) groups excluding carboxylic acids is 2. The molecule has 1 aromatic heterocycles. The maximum absolute atomic E-state index is 12.3. The van der Waals surface area contributed by atoms with E-state index in [2.05, 4.69) is 4.98 Å². The fourth-order valence-corrected chi connectivity index (χ4v) is 3.00. The van der Waals surface area contributed by atoms with Crippen molar-refractivity contribution in [1.29, 1.82) is 0 Å². The molecule has 0 bridgehead atoms. The molecular formula is C13H18N2O3S. The molecule has 0 spiro atoms. The summed E-state index contributed by atoms with van der Waals surface area (Å²) in [7, 11) is 0. The molecular weight excluding hydrogens is 264 g/mol. The second kappa shape index (κ2) is 6.14. The maximum atomic E-state index is 12.3. The van der Waals surface area contributed by atoms with Crippen molar-refractivity contribution in [2.45, 2.75) is 26.7 Å². The molecule has 2 heterocycles. The van der Waals surface area contributed by atoms with Gasteiger partial charge in [0.25, 0.3) is 5.91 Å².